The standard InChI is InChI=1S/C9H8Cl3F2N/c10-4-1-2-5(11)9(12)8(4)6(15)3-7(13)14/h1-2,6-7H,3,15H2/t6-/m1/s1. The molecule has 0 amide bonds. The molecule has 15 heavy (non-hydrogen) atoms. The van der Waals surface area contributed by atoms with Crippen molar-refractivity contribution in [1.29, 1.82) is 0 Å². The monoisotopic (exact) mass is 273 g/mol. The summed E-state index contributed by atoms with van der Waals surface area (Å²) >= 11 is 17.4. The number of hydrogen-bond acceptors (Lipinski definition) is 1. The minimum atomic E-state index is -2.51. The van der Waals surface area contributed by atoms with Gasteiger partial charge >= 0.3 is 0 Å². The lowest BCUT2D eigenvalue weighted by Crippen LogP contribution is -2.15. The lowest BCUT2D eigenvalue weighted by Gasteiger charge is -2.15. The second-order valence-electron chi connectivity index (χ2n) is 2.99. The first kappa shape index (κ1) is 13.0. The van der Waals surface area contributed by atoms with Crippen molar-refractivity contribution < 1.29 is 8.78 Å². The van der Waals surface area contributed by atoms with Crippen LogP contribution >= 0.6 is 34.8 Å². The number of hydrogen-bond donors (Lipinski definition) is 1. The van der Waals surface area contributed by atoms with Crippen LogP contribution in [0.4, 0.5) is 8.78 Å². The van der Waals surface area contributed by atoms with Crippen molar-refractivity contribution in [2.24, 2.45) is 5.73 Å². The van der Waals surface area contributed by atoms with E-state index in [1.807, 2.05) is 0 Å². The van der Waals surface area contributed by atoms with Crippen molar-refractivity contribution in [2.75, 3.05) is 0 Å². The highest BCUT2D eigenvalue weighted by atomic mass is 35.5. The van der Waals surface area contributed by atoms with E-state index in [9.17, 15) is 8.78 Å². The number of nitrogens with two attached hydrogens (primary N) is 1. The van der Waals surface area contributed by atoms with Gasteiger partial charge in [0.15, 0.2) is 0 Å². The van der Waals surface area contributed by atoms with Crippen molar-refractivity contribution in [3.8, 4) is 0 Å². The number of benzene rings is 1. The lowest BCUT2D eigenvalue weighted by molar-refractivity contribution is 0.128. The number of rotatable bonds is 3. The summed E-state index contributed by atoms with van der Waals surface area (Å²) in [5.41, 5.74) is 5.83. The molecule has 0 radical (unpaired) electrons. The molecule has 0 fully saturated rings. The van der Waals surface area contributed by atoms with Crippen molar-refractivity contribution in [3.05, 3.63) is 32.8 Å². The van der Waals surface area contributed by atoms with Crippen molar-refractivity contribution in [3.63, 3.8) is 0 Å². The summed E-state index contributed by atoms with van der Waals surface area (Å²) in [7, 11) is 0. The molecule has 0 saturated heterocycles. The van der Waals surface area contributed by atoms with Crippen LogP contribution in [0.1, 0.15) is 18.0 Å². The van der Waals surface area contributed by atoms with Gasteiger partial charge in [-0.05, 0) is 12.1 Å². The maximum Gasteiger partial charge on any atom is 0.240 e. The first-order valence-electron chi connectivity index (χ1n) is 4.10. The van der Waals surface area contributed by atoms with E-state index >= 15 is 0 Å². The Morgan fingerprint density at radius 1 is 1.13 bits per heavy atom. The predicted octanol–water partition coefficient (Wildman–Crippen LogP) is 4.30. The molecule has 0 aliphatic carbocycles. The van der Waals surface area contributed by atoms with Gasteiger partial charge in [-0.25, -0.2) is 8.78 Å². The maximum atomic E-state index is 12.1. The molecule has 6 heteroatoms. The average molecular weight is 275 g/mol. The highest BCUT2D eigenvalue weighted by molar-refractivity contribution is 6.44. The Labute approximate surface area is 101 Å². The van der Waals surface area contributed by atoms with Crippen LogP contribution in [0.15, 0.2) is 12.1 Å². The van der Waals surface area contributed by atoms with E-state index in [0.29, 0.717) is 0 Å². The van der Waals surface area contributed by atoms with E-state index in [1.165, 1.54) is 12.1 Å². The summed E-state index contributed by atoms with van der Waals surface area (Å²) in [5, 5.41) is 0.635. The highest BCUT2D eigenvalue weighted by Crippen LogP contribution is 2.36. The van der Waals surface area contributed by atoms with Gasteiger partial charge in [0.1, 0.15) is 0 Å². The van der Waals surface area contributed by atoms with Crippen LogP contribution in [-0.4, -0.2) is 6.43 Å². The van der Waals surface area contributed by atoms with Crippen molar-refractivity contribution >= 4 is 34.8 Å². The highest BCUT2D eigenvalue weighted by Gasteiger charge is 2.19. The Hall–Kier alpha value is -0.0900. The Morgan fingerprint density at radius 2 is 1.67 bits per heavy atom. The first-order valence-corrected chi connectivity index (χ1v) is 5.24. The van der Waals surface area contributed by atoms with Crippen LogP contribution in [0.3, 0.4) is 0 Å². The molecule has 1 nitrogen and oxygen atoms in total. The molecule has 1 rings (SSSR count). The molecule has 84 valence electrons. The van der Waals surface area contributed by atoms with E-state index < -0.39 is 18.9 Å². The van der Waals surface area contributed by atoms with Crippen LogP contribution in [0.2, 0.25) is 15.1 Å². The predicted molar refractivity (Wildman–Crippen MR) is 59.0 cm³/mol. The molecule has 0 saturated carbocycles. The van der Waals surface area contributed by atoms with Gasteiger partial charge in [-0.2, -0.15) is 0 Å². The van der Waals surface area contributed by atoms with Crippen LogP contribution in [-0.2, 0) is 0 Å². The van der Waals surface area contributed by atoms with E-state index in [4.69, 9.17) is 40.5 Å². The maximum absolute atomic E-state index is 12.1. The number of alkyl halides is 2. The molecule has 0 aliphatic heterocycles. The van der Waals surface area contributed by atoms with E-state index in [1.54, 1.807) is 0 Å². The SMILES string of the molecule is N[C@H](CC(F)F)c1c(Cl)ccc(Cl)c1Cl. The lowest BCUT2D eigenvalue weighted by atomic mass is 10.0. The fourth-order valence-corrected chi connectivity index (χ4v) is 2.01. The molecular weight excluding hydrogens is 266 g/mol. The molecule has 1 aromatic carbocycles. The van der Waals surface area contributed by atoms with Crippen molar-refractivity contribution in [1.82, 2.24) is 0 Å². The molecular formula is C9H8Cl3F2N. The fourth-order valence-electron chi connectivity index (χ4n) is 1.19. The van der Waals surface area contributed by atoms with Gasteiger partial charge in [-0.1, -0.05) is 34.8 Å². The summed E-state index contributed by atoms with van der Waals surface area (Å²) in [6.07, 6.45) is -3.01. The van der Waals surface area contributed by atoms with Crippen molar-refractivity contribution in [2.45, 2.75) is 18.9 Å². The van der Waals surface area contributed by atoms with Gasteiger partial charge in [0, 0.05) is 23.0 Å². The van der Waals surface area contributed by atoms with Gasteiger partial charge in [0.05, 0.1) is 10.0 Å². The molecule has 0 heterocycles. The Morgan fingerprint density at radius 3 is 2.20 bits per heavy atom. The largest absolute Gasteiger partial charge is 0.324 e. The van der Waals surface area contributed by atoms with Crippen LogP contribution in [0.25, 0.3) is 0 Å². The summed E-state index contributed by atoms with van der Waals surface area (Å²) in [5.74, 6) is 0. The second kappa shape index (κ2) is 5.30. The van der Waals surface area contributed by atoms with Gasteiger partial charge in [0.25, 0.3) is 0 Å². The molecule has 2 N–H and O–H groups in total. The summed E-state index contributed by atoms with van der Waals surface area (Å²) < 4.78 is 24.3. The average Bonchev–Trinajstić information content (AvgIpc) is 2.11. The Balaban J connectivity index is 3.07. The van der Waals surface area contributed by atoms with Gasteiger partial charge in [-0.3, -0.25) is 0 Å². The Kier molecular flexibility index (Phi) is 4.59. The zero-order valence-corrected chi connectivity index (χ0v) is 9.75. The number of halogens is 5. The van der Waals surface area contributed by atoms with Gasteiger partial charge in [0.2, 0.25) is 6.43 Å². The Bertz CT molecular complexity index is 357. The van der Waals surface area contributed by atoms with E-state index in [-0.39, 0.29) is 20.6 Å². The van der Waals surface area contributed by atoms with Crippen LogP contribution in [0.5, 0.6) is 0 Å². The zero-order valence-electron chi connectivity index (χ0n) is 7.48. The second-order valence-corrected chi connectivity index (χ2v) is 4.18. The molecule has 1 atom stereocenters. The molecule has 0 bridgehead atoms. The summed E-state index contributed by atoms with van der Waals surface area (Å²) in [6.45, 7) is 0. The van der Waals surface area contributed by atoms with E-state index in [2.05, 4.69) is 0 Å². The third-order valence-corrected chi connectivity index (χ3v) is 3.03. The van der Waals surface area contributed by atoms with E-state index in [0.717, 1.165) is 0 Å². The minimum Gasteiger partial charge on any atom is -0.324 e. The summed E-state index contributed by atoms with van der Waals surface area (Å²) in [6, 6.07) is 2.06. The fraction of sp³-hybridized carbons (Fsp3) is 0.333. The van der Waals surface area contributed by atoms with Gasteiger partial charge in [-0.15, -0.1) is 0 Å². The molecule has 1 aromatic rings. The zero-order chi connectivity index (χ0) is 11.6. The topological polar surface area (TPSA) is 26.0 Å². The molecule has 0 spiro atoms. The third-order valence-electron chi connectivity index (χ3n) is 1.88. The minimum absolute atomic E-state index is 0.136. The quantitative estimate of drug-likeness (QED) is 0.817. The molecule has 0 unspecified atom stereocenters. The van der Waals surface area contributed by atoms with Crippen LogP contribution < -0.4 is 5.73 Å². The summed E-state index contributed by atoms with van der Waals surface area (Å²) in [4.78, 5) is 0. The third kappa shape index (κ3) is 3.18. The smallest absolute Gasteiger partial charge is 0.240 e. The first-order chi connectivity index (χ1) is 6.93. The van der Waals surface area contributed by atoms with Crippen LogP contribution in [0, 0.1) is 0 Å². The normalized spacial score (nSPS) is 13.3. The molecule has 0 aliphatic rings. The van der Waals surface area contributed by atoms with Gasteiger partial charge < -0.3 is 5.73 Å². The molecule has 0 aromatic heterocycles.